The second kappa shape index (κ2) is 6.85. The molecule has 21 heavy (non-hydrogen) atoms. The van der Waals surface area contributed by atoms with Gasteiger partial charge >= 0.3 is 12.0 Å². The molecule has 6 heteroatoms. The third-order valence-corrected chi connectivity index (χ3v) is 4.70. The van der Waals surface area contributed by atoms with Gasteiger partial charge in [-0.3, -0.25) is 4.90 Å². The maximum Gasteiger partial charge on any atom is 0.327 e. The van der Waals surface area contributed by atoms with Crippen molar-refractivity contribution in [1.82, 2.24) is 4.90 Å². The van der Waals surface area contributed by atoms with Gasteiger partial charge in [0.2, 0.25) is 0 Å². The number of carboxylic acids is 1. The summed E-state index contributed by atoms with van der Waals surface area (Å²) in [5.41, 5.74) is 1.98. The van der Waals surface area contributed by atoms with Gasteiger partial charge in [-0.15, -0.1) is 0 Å². The van der Waals surface area contributed by atoms with Gasteiger partial charge in [-0.05, 0) is 24.1 Å². The first-order valence-corrected chi connectivity index (χ1v) is 8.14. The normalized spacial score (nSPS) is 18.4. The minimum absolute atomic E-state index is 0.257. The second-order valence-corrected chi connectivity index (χ2v) is 6.13. The number of hydrogen-bond acceptors (Lipinski definition) is 3. The molecule has 2 rings (SSSR count). The molecule has 114 valence electrons. The molecule has 0 aliphatic carbocycles. The van der Waals surface area contributed by atoms with E-state index in [9.17, 15) is 14.7 Å². The van der Waals surface area contributed by atoms with Gasteiger partial charge in [0.15, 0.2) is 0 Å². The van der Waals surface area contributed by atoms with Gasteiger partial charge in [-0.1, -0.05) is 19.1 Å². The smallest absolute Gasteiger partial charge is 0.327 e. The van der Waals surface area contributed by atoms with E-state index < -0.39 is 12.0 Å². The summed E-state index contributed by atoms with van der Waals surface area (Å²) in [4.78, 5) is 26.8. The zero-order chi connectivity index (χ0) is 15.4. The summed E-state index contributed by atoms with van der Waals surface area (Å²) in [7, 11) is 1.68. The molecule has 1 aliphatic heterocycles. The Kier molecular flexibility index (Phi) is 5.12. The monoisotopic (exact) mass is 308 g/mol. The molecule has 1 unspecified atom stereocenters. The third-order valence-electron chi connectivity index (χ3n) is 3.68. The number of thioether (sulfide) groups is 1. The van der Waals surface area contributed by atoms with E-state index in [0.29, 0.717) is 12.3 Å². The molecule has 1 heterocycles. The van der Waals surface area contributed by atoms with Gasteiger partial charge in [0, 0.05) is 30.8 Å². The summed E-state index contributed by atoms with van der Waals surface area (Å²) in [5, 5.41) is 9.25. The topological polar surface area (TPSA) is 60.9 Å². The van der Waals surface area contributed by atoms with Crippen LogP contribution in [0.1, 0.15) is 12.5 Å². The Bertz CT molecular complexity index is 518. The highest BCUT2D eigenvalue weighted by Gasteiger charge is 2.34. The molecule has 0 saturated carbocycles. The summed E-state index contributed by atoms with van der Waals surface area (Å²) >= 11 is 1.57. The summed E-state index contributed by atoms with van der Waals surface area (Å²) < 4.78 is 0. The molecule has 1 atom stereocenters. The Morgan fingerprint density at radius 1 is 1.38 bits per heavy atom. The number of aliphatic carboxylic acids is 1. The SMILES string of the molecule is CCc1ccc(N(C)C(=O)N2CCSCC2C(=O)O)cc1. The highest BCUT2D eigenvalue weighted by Crippen LogP contribution is 2.21. The van der Waals surface area contributed by atoms with E-state index in [-0.39, 0.29) is 6.03 Å². The summed E-state index contributed by atoms with van der Waals surface area (Å²) in [5.74, 6) is 0.284. The van der Waals surface area contributed by atoms with E-state index in [1.807, 2.05) is 24.3 Å². The molecule has 1 fully saturated rings. The van der Waals surface area contributed by atoms with Crippen molar-refractivity contribution >= 4 is 29.4 Å². The molecule has 1 saturated heterocycles. The number of hydrogen-bond donors (Lipinski definition) is 1. The fraction of sp³-hybridized carbons (Fsp3) is 0.467. The molecule has 0 bridgehead atoms. The van der Waals surface area contributed by atoms with Crippen LogP contribution in [-0.2, 0) is 11.2 Å². The van der Waals surface area contributed by atoms with Gasteiger partial charge < -0.3 is 10.0 Å². The van der Waals surface area contributed by atoms with Gasteiger partial charge in [-0.25, -0.2) is 9.59 Å². The zero-order valence-electron chi connectivity index (χ0n) is 12.3. The summed E-state index contributed by atoms with van der Waals surface area (Å²) in [6.45, 7) is 2.55. The Morgan fingerprint density at radius 3 is 2.62 bits per heavy atom. The van der Waals surface area contributed by atoms with Crippen LogP contribution < -0.4 is 4.90 Å². The lowest BCUT2D eigenvalue weighted by molar-refractivity contribution is -0.141. The summed E-state index contributed by atoms with van der Waals surface area (Å²) in [6.07, 6.45) is 0.947. The van der Waals surface area contributed by atoms with Crippen LogP contribution in [0, 0.1) is 0 Å². The highest BCUT2D eigenvalue weighted by atomic mass is 32.2. The molecule has 1 aromatic rings. The van der Waals surface area contributed by atoms with Crippen molar-refractivity contribution in [2.45, 2.75) is 19.4 Å². The van der Waals surface area contributed by atoms with Crippen LogP contribution in [0.2, 0.25) is 0 Å². The van der Waals surface area contributed by atoms with Crippen LogP contribution in [-0.4, -0.2) is 53.1 Å². The van der Waals surface area contributed by atoms with E-state index in [4.69, 9.17) is 0 Å². The van der Waals surface area contributed by atoms with Crippen molar-refractivity contribution in [1.29, 1.82) is 0 Å². The molecule has 1 aliphatic rings. The van der Waals surface area contributed by atoms with Crippen molar-refractivity contribution in [2.75, 3.05) is 30.0 Å². The van der Waals surface area contributed by atoms with E-state index >= 15 is 0 Å². The minimum Gasteiger partial charge on any atom is -0.480 e. The van der Waals surface area contributed by atoms with Crippen LogP contribution in [0.3, 0.4) is 0 Å². The molecular formula is C15H20N2O3S. The van der Waals surface area contributed by atoms with E-state index in [1.165, 1.54) is 15.4 Å². The standard InChI is InChI=1S/C15H20N2O3S/c1-3-11-4-6-12(7-5-11)16(2)15(20)17-8-9-21-10-13(17)14(18)19/h4-7,13H,3,8-10H2,1-2H3,(H,18,19). The van der Waals surface area contributed by atoms with Crippen LogP contribution in [0.5, 0.6) is 0 Å². The van der Waals surface area contributed by atoms with Crippen LogP contribution in [0.4, 0.5) is 10.5 Å². The maximum atomic E-state index is 12.5. The first-order chi connectivity index (χ1) is 10.0. The fourth-order valence-electron chi connectivity index (χ4n) is 2.30. The number of amides is 2. The Hall–Kier alpha value is -1.69. The molecular weight excluding hydrogens is 288 g/mol. The molecule has 1 N–H and O–H groups in total. The van der Waals surface area contributed by atoms with Crippen LogP contribution in [0.15, 0.2) is 24.3 Å². The Balaban J connectivity index is 2.14. The number of nitrogens with zero attached hydrogens (tertiary/aromatic N) is 2. The van der Waals surface area contributed by atoms with Gasteiger partial charge in [0.25, 0.3) is 0 Å². The molecule has 0 radical (unpaired) electrons. The molecule has 5 nitrogen and oxygen atoms in total. The number of urea groups is 1. The van der Waals surface area contributed by atoms with E-state index in [1.54, 1.807) is 18.8 Å². The van der Waals surface area contributed by atoms with Crippen molar-refractivity contribution in [3.8, 4) is 0 Å². The molecule has 0 spiro atoms. The first-order valence-electron chi connectivity index (χ1n) is 6.98. The van der Waals surface area contributed by atoms with Crippen molar-refractivity contribution in [3.63, 3.8) is 0 Å². The Labute approximate surface area is 128 Å². The minimum atomic E-state index is -0.940. The number of anilines is 1. The van der Waals surface area contributed by atoms with Crippen LogP contribution >= 0.6 is 11.8 Å². The lowest BCUT2D eigenvalue weighted by Crippen LogP contribution is -2.54. The fourth-order valence-corrected chi connectivity index (χ4v) is 3.33. The van der Waals surface area contributed by atoms with Gasteiger partial charge in [0.05, 0.1) is 0 Å². The molecule has 1 aromatic carbocycles. The number of carbonyl (C=O) groups is 2. The lowest BCUT2D eigenvalue weighted by Gasteiger charge is -2.35. The number of aryl methyl sites for hydroxylation is 1. The van der Waals surface area contributed by atoms with Crippen LogP contribution in [0.25, 0.3) is 0 Å². The largest absolute Gasteiger partial charge is 0.480 e. The second-order valence-electron chi connectivity index (χ2n) is 4.98. The number of rotatable bonds is 3. The van der Waals surface area contributed by atoms with E-state index in [0.717, 1.165) is 17.9 Å². The zero-order valence-corrected chi connectivity index (χ0v) is 13.1. The van der Waals surface area contributed by atoms with Crippen molar-refractivity contribution in [3.05, 3.63) is 29.8 Å². The number of benzene rings is 1. The summed E-state index contributed by atoms with van der Waals surface area (Å²) in [6, 6.07) is 6.76. The van der Waals surface area contributed by atoms with Crippen molar-refractivity contribution in [2.24, 2.45) is 0 Å². The molecule has 0 aromatic heterocycles. The lowest BCUT2D eigenvalue weighted by atomic mass is 10.1. The Morgan fingerprint density at radius 2 is 2.05 bits per heavy atom. The maximum absolute atomic E-state index is 12.5. The number of carboxylic acid groups (broad SMARTS) is 1. The number of carbonyl (C=O) groups excluding carboxylic acids is 1. The average molecular weight is 308 g/mol. The highest BCUT2D eigenvalue weighted by molar-refractivity contribution is 7.99. The predicted octanol–water partition coefficient (Wildman–Crippen LogP) is 2.31. The van der Waals surface area contributed by atoms with E-state index in [2.05, 4.69) is 6.92 Å². The van der Waals surface area contributed by atoms with Gasteiger partial charge in [-0.2, -0.15) is 11.8 Å². The van der Waals surface area contributed by atoms with Crippen molar-refractivity contribution < 1.29 is 14.7 Å². The quantitative estimate of drug-likeness (QED) is 0.931. The molecule has 2 amide bonds. The predicted molar refractivity (Wildman–Crippen MR) is 85.1 cm³/mol. The average Bonchev–Trinajstić information content (AvgIpc) is 2.53. The first kappa shape index (κ1) is 15.7. The third kappa shape index (κ3) is 3.50. The van der Waals surface area contributed by atoms with Gasteiger partial charge in [0.1, 0.15) is 6.04 Å².